The van der Waals surface area contributed by atoms with Gasteiger partial charge in [0.2, 0.25) is 0 Å². The Hall–Kier alpha value is -1.83. The highest BCUT2D eigenvalue weighted by molar-refractivity contribution is 5.92. The number of aryl methyl sites for hydroxylation is 1. The lowest BCUT2D eigenvalue weighted by molar-refractivity contribution is -0.129. The zero-order chi connectivity index (χ0) is 14.0. The third-order valence-electron chi connectivity index (χ3n) is 2.00. The molecule has 0 fully saturated rings. The van der Waals surface area contributed by atoms with Crippen molar-refractivity contribution in [1.29, 1.82) is 0 Å². The summed E-state index contributed by atoms with van der Waals surface area (Å²) < 4.78 is 5.13. The van der Waals surface area contributed by atoms with Crippen LogP contribution in [0.5, 0.6) is 5.75 Å². The zero-order valence-electron chi connectivity index (χ0n) is 11.7. The summed E-state index contributed by atoms with van der Waals surface area (Å²) in [6.45, 7) is 11.5. The van der Waals surface area contributed by atoms with Crippen LogP contribution in [-0.4, -0.2) is 5.97 Å². The van der Waals surface area contributed by atoms with Crippen LogP contribution in [0.3, 0.4) is 0 Å². The van der Waals surface area contributed by atoms with Crippen molar-refractivity contribution in [2.45, 2.75) is 34.1 Å². The summed E-state index contributed by atoms with van der Waals surface area (Å²) in [6, 6.07) is 7.32. The molecular formula is C16H22O2. The van der Waals surface area contributed by atoms with E-state index < -0.39 is 0 Å². The smallest absolute Gasteiger partial charge is 0.343 e. The minimum atomic E-state index is -0.378. The van der Waals surface area contributed by atoms with E-state index in [1.807, 2.05) is 19.1 Å². The molecule has 98 valence electrons. The molecule has 1 aromatic rings. The Balaban J connectivity index is 0.000000873. The molecule has 0 saturated carbocycles. The third-order valence-corrected chi connectivity index (χ3v) is 2.00. The van der Waals surface area contributed by atoms with Crippen molar-refractivity contribution in [2.24, 2.45) is 0 Å². The molecule has 1 aromatic carbocycles. The minimum absolute atomic E-state index is 0.378. The Labute approximate surface area is 110 Å². The maximum atomic E-state index is 11.5. The number of allylic oxidation sites excluding steroid dienone is 1. The summed E-state index contributed by atoms with van der Waals surface area (Å²) in [5.41, 5.74) is 1.60. The van der Waals surface area contributed by atoms with Gasteiger partial charge in [0.25, 0.3) is 0 Å². The first-order chi connectivity index (χ1) is 8.58. The molecule has 2 heteroatoms. The van der Waals surface area contributed by atoms with Crippen molar-refractivity contribution < 1.29 is 9.53 Å². The molecule has 0 aliphatic rings. The Bertz CT molecular complexity index is 400. The van der Waals surface area contributed by atoms with Crippen LogP contribution in [0.4, 0.5) is 0 Å². The molecule has 0 heterocycles. The van der Waals surface area contributed by atoms with E-state index in [2.05, 4.69) is 20.4 Å². The fourth-order valence-electron chi connectivity index (χ4n) is 1.09. The molecule has 0 spiro atoms. The fourth-order valence-corrected chi connectivity index (χ4v) is 1.09. The predicted molar refractivity (Wildman–Crippen MR) is 76.7 cm³/mol. The summed E-state index contributed by atoms with van der Waals surface area (Å²) in [6.07, 6.45) is 4.40. The van der Waals surface area contributed by atoms with E-state index in [-0.39, 0.29) is 5.97 Å². The highest BCUT2D eigenvalue weighted by Crippen LogP contribution is 2.13. The van der Waals surface area contributed by atoms with E-state index >= 15 is 0 Å². The molecule has 0 aliphatic heterocycles. The van der Waals surface area contributed by atoms with Gasteiger partial charge in [0.1, 0.15) is 5.75 Å². The minimum Gasteiger partial charge on any atom is -0.423 e. The third kappa shape index (κ3) is 6.04. The fraction of sp³-hybridized carbons (Fsp3) is 0.312. The standard InChI is InChI=1S/C13H14O2.C3H8/c1-4-11(5-2)13(14)15-12-8-6-10(3)7-9-12;1-3-2/h4-9H,1H2,2-3H3;3H2,1-2H3/b11-5+;. The number of carbonyl (C=O) groups is 1. The molecule has 0 bridgehead atoms. The summed E-state index contributed by atoms with van der Waals surface area (Å²) in [7, 11) is 0. The molecular weight excluding hydrogens is 224 g/mol. The van der Waals surface area contributed by atoms with E-state index in [0.29, 0.717) is 11.3 Å². The lowest BCUT2D eigenvalue weighted by atomic mass is 10.2. The number of esters is 1. The van der Waals surface area contributed by atoms with Crippen LogP contribution >= 0.6 is 0 Å². The number of hydrogen-bond acceptors (Lipinski definition) is 2. The topological polar surface area (TPSA) is 26.3 Å². The first-order valence-corrected chi connectivity index (χ1v) is 6.16. The first-order valence-electron chi connectivity index (χ1n) is 6.16. The number of ether oxygens (including phenoxy) is 1. The number of carbonyl (C=O) groups excluding carboxylic acids is 1. The Morgan fingerprint density at radius 1 is 1.28 bits per heavy atom. The van der Waals surface area contributed by atoms with E-state index in [4.69, 9.17) is 4.74 Å². The second-order valence-corrected chi connectivity index (χ2v) is 3.86. The van der Waals surface area contributed by atoms with Gasteiger partial charge in [-0.15, -0.1) is 0 Å². The summed E-state index contributed by atoms with van der Waals surface area (Å²) in [5, 5.41) is 0. The summed E-state index contributed by atoms with van der Waals surface area (Å²) in [4.78, 5) is 11.5. The molecule has 0 unspecified atom stereocenters. The van der Waals surface area contributed by atoms with Crippen molar-refractivity contribution >= 4 is 5.97 Å². The van der Waals surface area contributed by atoms with E-state index in [0.717, 1.165) is 5.56 Å². The number of hydrogen-bond donors (Lipinski definition) is 0. The van der Waals surface area contributed by atoms with Gasteiger partial charge in [-0.05, 0) is 26.0 Å². The van der Waals surface area contributed by atoms with Crippen molar-refractivity contribution in [3.8, 4) is 5.75 Å². The van der Waals surface area contributed by atoms with Gasteiger partial charge in [-0.3, -0.25) is 0 Å². The lowest BCUT2D eigenvalue weighted by Gasteiger charge is -2.04. The van der Waals surface area contributed by atoms with Crippen LogP contribution in [0, 0.1) is 6.92 Å². The van der Waals surface area contributed by atoms with E-state index in [1.165, 1.54) is 12.5 Å². The normalized spacial score (nSPS) is 10.1. The molecule has 18 heavy (non-hydrogen) atoms. The Kier molecular flexibility index (Phi) is 8.29. The molecule has 0 aromatic heterocycles. The van der Waals surface area contributed by atoms with Crippen LogP contribution in [-0.2, 0) is 4.79 Å². The number of benzene rings is 1. The number of rotatable bonds is 3. The monoisotopic (exact) mass is 246 g/mol. The van der Waals surface area contributed by atoms with Gasteiger partial charge in [-0.2, -0.15) is 0 Å². The SMILES string of the molecule is C=C/C(=C\C)C(=O)Oc1ccc(C)cc1.CCC. The second-order valence-electron chi connectivity index (χ2n) is 3.86. The van der Waals surface area contributed by atoms with Crippen molar-refractivity contribution in [3.05, 3.63) is 54.1 Å². The van der Waals surface area contributed by atoms with Crippen molar-refractivity contribution in [1.82, 2.24) is 0 Å². The maximum Gasteiger partial charge on any atom is 0.343 e. The summed E-state index contributed by atoms with van der Waals surface area (Å²) in [5.74, 6) is 0.170. The average molecular weight is 246 g/mol. The van der Waals surface area contributed by atoms with Gasteiger partial charge in [0.05, 0.1) is 5.57 Å². The predicted octanol–water partition coefficient (Wildman–Crippen LogP) is 4.45. The largest absolute Gasteiger partial charge is 0.423 e. The van der Waals surface area contributed by atoms with Gasteiger partial charge in [-0.25, -0.2) is 4.79 Å². The van der Waals surface area contributed by atoms with Crippen LogP contribution < -0.4 is 4.74 Å². The molecule has 0 saturated heterocycles. The molecule has 2 nitrogen and oxygen atoms in total. The zero-order valence-corrected chi connectivity index (χ0v) is 11.7. The lowest BCUT2D eigenvalue weighted by Crippen LogP contribution is -2.09. The molecule has 0 aliphatic carbocycles. The highest BCUT2D eigenvalue weighted by Gasteiger charge is 2.07. The quantitative estimate of drug-likeness (QED) is 0.341. The molecule has 0 atom stereocenters. The van der Waals surface area contributed by atoms with Crippen molar-refractivity contribution in [3.63, 3.8) is 0 Å². The van der Waals surface area contributed by atoms with Crippen LogP contribution in [0.25, 0.3) is 0 Å². The van der Waals surface area contributed by atoms with Crippen LogP contribution in [0.15, 0.2) is 48.6 Å². The second kappa shape index (κ2) is 9.23. The molecule has 0 amide bonds. The molecule has 1 rings (SSSR count). The van der Waals surface area contributed by atoms with Gasteiger partial charge in [0, 0.05) is 0 Å². The Morgan fingerprint density at radius 2 is 1.78 bits per heavy atom. The molecule has 0 N–H and O–H groups in total. The molecule has 0 radical (unpaired) electrons. The highest BCUT2D eigenvalue weighted by atomic mass is 16.5. The first kappa shape index (κ1) is 16.2. The van der Waals surface area contributed by atoms with Crippen LogP contribution in [0.2, 0.25) is 0 Å². The average Bonchev–Trinajstić information content (AvgIpc) is 2.35. The van der Waals surface area contributed by atoms with Crippen LogP contribution in [0.1, 0.15) is 32.8 Å². The van der Waals surface area contributed by atoms with Gasteiger partial charge in [-0.1, -0.05) is 56.7 Å². The van der Waals surface area contributed by atoms with E-state index in [1.54, 1.807) is 25.1 Å². The van der Waals surface area contributed by atoms with E-state index in [9.17, 15) is 4.79 Å². The van der Waals surface area contributed by atoms with Gasteiger partial charge >= 0.3 is 5.97 Å². The van der Waals surface area contributed by atoms with Crippen molar-refractivity contribution in [2.75, 3.05) is 0 Å². The van der Waals surface area contributed by atoms with Gasteiger partial charge < -0.3 is 4.74 Å². The summed E-state index contributed by atoms with van der Waals surface area (Å²) >= 11 is 0. The van der Waals surface area contributed by atoms with Gasteiger partial charge in [0.15, 0.2) is 0 Å². The maximum absolute atomic E-state index is 11.5. The Morgan fingerprint density at radius 3 is 2.17 bits per heavy atom.